The van der Waals surface area contributed by atoms with Crippen LogP contribution in [0.1, 0.15) is 38.9 Å². The molecule has 1 saturated heterocycles. The molecule has 7 heteroatoms. The maximum absolute atomic E-state index is 11.7. The molecule has 2 heterocycles. The number of carbonyl (C=O) groups excluding carboxylic acids is 1. The van der Waals surface area contributed by atoms with Crippen LogP contribution in [0, 0.1) is 5.92 Å². The number of piperidine rings is 1. The van der Waals surface area contributed by atoms with Crippen LogP contribution in [-0.2, 0) is 22.6 Å². The van der Waals surface area contributed by atoms with E-state index < -0.39 is 0 Å². The molecule has 1 aliphatic heterocycles. The first kappa shape index (κ1) is 14.9. The van der Waals surface area contributed by atoms with Crippen molar-refractivity contribution in [1.82, 2.24) is 25.1 Å². The van der Waals surface area contributed by atoms with E-state index in [-0.39, 0.29) is 11.9 Å². The first-order valence-corrected chi connectivity index (χ1v) is 7.38. The van der Waals surface area contributed by atoms with Gasteiger partial charge in [-0.05, 0) is 49.7 Å². The van der Waals surface area contributed by atoms with Crippen LogP contribution in [0.3, 0.4) is 0 Å². The van der Waals surface area contributed by atoms with Crippen LogP contribution in [0.25, 0.3) is 0 Å². The summed E-state index contributed by atoms with van der Waals surface area (Å²) < 4.78 is 6.94. The summed E-state index contributed by atoms with van der Waals surface area (Å²) in [7, 11) is 0. The van der Waals surface area contributed by atoms with Gasteiger partial charge in [0.15, 0.2) is 5.82 Å². The zero-order valence-corrected chi connectivity index (χ0v) is 12.3. The fourth-order valence-electron chi connectivity index (χ4n) is 2.51. The Balaban J connectivity index is 1.82. The molecule has 0 radical (unpaired) electrons. The molecule has 0 bridgehead atoms. The number of tetrazole rings is 1. The molecule has 1 aliphatic rings. The Morgan fingerprint density at radius 3 is 2.75 bits per heavy atom. The van der Waals surface area contributed by atoms with Crippen molar-refractivity contribution < 1.29 is 9.53 Å². The number of likely N-dealkylation sites (tertiary alicyclic amines) is 1. The predicted molar refractivity (Wildman–Crippen MR) is 72.7 cm³/mol. The Hall–Kier alpha value is -1.50. The minimum atomic E-state index is -0.0528. The third-order valence-electron chi connectivity index (χ3n) is 3.61. The van der Waals surface area contributed by atoms with Crippen LogP contribution in [0.5, 0.6) is 0 Å². The third kappa shape index (κ3) is 3.75. The summed E-state index contributed by atoms with van der Waals surface area (Å²) in [5, 5.41) is 11.8. The van der Waals surface area contributed by atoms with E-state index in [9.17, 15) is 4.79 Å². The normalized spacial score (nSPS) is 17.3. The van der Waals surface area contributed by atoms with Crippen LogP contribution >= 0.6 is 0 Å². The van der Waals surface area contributed by atoms with Gasteiger partial charge in [-0.15, -0.1) is 5.10 Å². The summed E-state index contributed by atoms with van der Waals surface area (Å²) in [6, 6.07) is 0. The molecule has 112 valence electrons. The standard InChI is InChI=1S/C13H23N5O2/c1-3-7-18-12(14-15-16-18)10-17-8-5-11(6-9-17)13(19)20-4-2/h11H,3-10H2,1-2H3. The summed E-state index contributed by atoms with van der Waals surface area (Å²) >= 11 is 0. The Labute approximate surface area is 119 Å². The monoisotopic (exact) mass is 281 g/mol. The van der Waals surface area contributed by atoms with E-state index in [0.29, 0.717) is 6.61 Å². The Kier molecular flexibility index (Phi) is 5.46. The fraction of sp³-hybridized carbons (Fsp3) is 0.846. The second-order valence-electron chi connectivity index (χ2n) is 5.12. The molecule has 0 aromatic carbocycles. The van der Waals surface area contributed by atoms with Gasteiger partial charge in [-0.2, -0.15) is 0 Å². The molecule has 1 fully saturated rings. The van der Waals surface area contributed by atoms with Gasteiger partial charge in [-0.1, -0.05) is 6.92 Å². The van der Waals surface area contributed by atoms with Crippen LogP contribution < -0.4 is 0 Å². The van der Waals surface area contributed by atoms with Crippen molar-refractivity contribution in [3.8, 4) is 0 Å². The molecule has 2 rings (SSSR count). The van der Waals surface area contributed by atoms with Crippen molar-refractivity contribution in [2.75, 3.05) is 19.7 Å². The first-order valence-electron chi connectivity index (χ1n) is 7.38. The molecule has 7 nitrogen and oxygen atoms in total. The smallest absolute Gasteiger partial charge is 0.309 e. The Morgan fingerprint density at radius 2 is 2.10 bits per heavy atom. The lowest BCUT2D eigenvalue weighted by molar-refractivity contribution is -0.149. The number of aryl methyl sites for hydroxylation is 1. The SMILES string of the molecule is CCCn1nnnc1CN1CCC(C(=O)OCC)CC1. The van der Waals surface area contributed by atoms with Crippen molar-refractivity contribution in [1.29, 1.82) is 0 Å². The average molecular weight is 281 g/mol. The maximum Gasteiger partial charge on any atom is 0.309 e. The molecule has 0 atom stereocenters. The van der Waals surface area contributed by atoms with Crippen LogP contribution in [0.15, 0.2) is 0 Å². The molecule has 0 unspecified atom stereocenters. The third-order valence-corrected chi connectivity index (χ3v) is 3.61. The van der Waals surface area contributed by atoms with E-state index in [1.807, 2.05) is 11.6 Å². The van der Waals surface area contributed by atoms with Gasteiger partial charge in [-0.25, -0.2) is 4.68 Å². The number of rotatable bonds is 6. The lowest BCUT2D eigenvalue weighted by Crippen LogP contribution is -2.37. The second-order valence-corrected chi connectivity index (χ2v) is 5.12. The van der Waals surface area contributed by atoms with Crippen LogP contribution in [-0.4, -0.2) is 50.8 Å². The lowest BCUT2D eigenvalue weighted by Gasteiger charge is -2.30. The number of aromatic nitrogens is 4. The summed E-state index contributed by atoms with van der Waals surface area (Å²) in [4.78, 5) is 14.0. The van der Waals surface area contributed by atoms with Crippen molar-refractivity contribution in [2.24, 2.45) is 5.92 Å². The van der Waals surface area contributed by atoms with E-state index in [0.717, 1.165) is 51.3 Å². The number of nitrogens with zero attached hydrogens (tertiary/aromatic N) is 5. The van der Waals surface area contributed by atoms with E-state index >= 15 is 0 Å². The minimum Gasteiger partial charge on any atom is -0.466 e. The summed E-state index contributed by atoms with van der Waals surface area (Å²) in [6.45, 7) is 7.80. The van der Waals surface area contributed by atoms with E-state index in [1.165, 1.54) is 0 Å². The quantitative estimate of drug-likeness (QED) is 0.720. The van der Waals surface area contributed by atoms with Crippen LogP contribution in [0.4, 0.5) is 0 Å². The Bertz CT molecular complexity index is 426. The van der Waals surface area contributed by atoms with Crippen LogP contribution in [0.2, 0.25) is 0 Å². The zero-order valence-electron chi connectivity index (χ0n) is 12.3. The molecule has 0 N–H and O–H groups in total. The minimum absolute atomic E-state index is 0.0528. The van der Waals surface area contributed by atoms with E-state index in [2.05, 4.69) is 27.3 Å². The molecule has 0 saturated carbocycles. The molecular formula is C13H23N5O2. The fourth-order valence-corrected chi connectivity index (χ4v) is 2.51. The molecular weight excluding hydrogens is 258 g/mol. The average Bonchev–Trinajstić information content (AvgIpc) is 2.88. The molecule has 1 aromatic heterocycles. The molecule has 0 aliphatic carbocycles. The van der Waals surface area contributed by atoms with E-state index in [1.54, 1.807) is 0 Å². The first-order chi connectivity index (χ1) is 9.74. The van der Waals surface area contributed by atoms with Crippen molar-refractivity contribution in [3.63, 3.8) is 0 Å². The van der Waals surface area contributed by atoms with Gasteiger partial charge in [0.1, 0.15) is 0 Å². The van der Waals surface area contributed by atoms with Gasteiger partial charge in [0.05, 0.1) is 19.1 Å². The summed E-state index contributed by atoms with van der Waals surface area (Å²) in [5.74, 6) is 0.905. The number of hydrogen-bond acceptors (Lipinski definition) is 6. The van der Waals surface area contributed by atoms with Gasteiger partial charge >= 0.3 is 5.97 Å². The van der Waals surface area contributed by atoms with Gasteiger partial charge < -0.3 is 4.74 Å². The highest BCUT2D eigenvalue weighted by atomic mass is 16.5. The summed E-state index contributed by atoms with van der Waals surface area (Å²) in [6.07, 6.45) is 2.73. The zero-order chi connectivity index (χ0) is 14.4. The number of esters is 1. The topological polar surface area (TPSA) is 73.1 Å². The largest absolute Gasteiger partial charge is 0.466 e. The van der Waals surface area contributed by atoms with Crippen molar-refractivity contribution >= 4 is 5.97 Å². The highest BCUT2D eigenvalue weighted by Crippen LogP contribution is 2.19. The van der Waals surface area contributed by atoms with Gasteiger partial charge in [0.2, 0.25) is 0 Å². The molecule has 0 spiro atoms. The maximum atomic E-state index is 11.7. The van der Waals surface area contributed by atoms with Gasteiger partial charge in [0.25, 0.3) is 0 Å². The number of ether oxygens (including phenoxy) is 1. The molecule has 1 aromatic rings. The molecule has 20 heavy (non-hydrogen) atoms. The number of carbonyl (C=O) groups is 1. The predicted octanol–water partition coefficient (Wildman–Crippen LogP) is 0.858. The molecule has 0 amide bonds. The van der Waals surface area contributed by atoms with Gasteiger partial charge in [-0.3, -0.25) is 9.69 Å². The lowest BCUT2D eigenvalue weighted by atomic mass is 9.97. The second kappa shape index (κ2) is 7.33. The summed E-state index contributed by atoms with van der Waals surface area (Å²) in [5.41, 5.74) is 0. The van der Waals surface area contributed by atoms with E-state index in [4.69, 9.17) is 4.74 Å². The van der Waals surface area contributed by atoms with Crippen molar-refractivity contribution in [2.45, 2.75) is 46.2 Å². The highest BCUT2D eigenvalue weighted by Gasteiger charge is 2.26. The highest BCUT2D eigenvalue weighted by molar-refractivity contribution is 5.72. The Morgan fingerprint density at radius 1 is 1.35 bits per heavy atom. The number of hydrogen-bond donors (Lipinski definition) is 0. The van der Waals surface area contributed by atoms with Gasteiger partial charge in [0, 0.05) is 6.54 Å². The van der Waals surface area contributed by atoms with Crippen molar-refractivity contribution in [3.05, 3.63) is 5.82 Å².